The number of pyridine rings is 1. The van der Waals surface area contributed by atoms with Crippen LogP contribution in [-0.2, 0) is 0 Å². The molecule has 1 saturated heterocycles. The molecule has 2 aliphatic rings. The number of nitrogens with zero attached hydrogens (tertiary/aromatic N) is 2. The average Bonchev–Trinajstić information content (AvgIpc) is 2.66. The number of carbonyl (C=O) groups excluding carboxylic acids is 1. The molecule has 0 spiro atoms. The number of piperidine rings is 1. The molecule has 6 heteroatoms. The Balaban J connectivity index is 1.41. The zero-order chi connectivity index (χ0) is 18.4. The van der Waals surface area contributed by atoms with Crippen LogP contribution in [0.1, 0.15) is 61.7 Å². The summed E-state index contributed by atoms with van der Waals surface area (Å²) in [6, 6.07) is 4.64. The number of likely N-dealkylation sites (tertiary alicyclic amines) is 1. The Morgan fingerprint density at radius 2 is 2.04 bits per heavy atom. The number of aliphatic hydroxyl groups excluding tert-OH is 1. The smallest absolute Gasteiger partial charge is 0.252 e. The summed E-state index contributed by atoms with van der Waals surface area (Å²) >= 11 is 0. The van der Waals surface area contributed by atoms with Crippen LogP contribution in [0.3, 0.4) is 0 Å². The van der Waals surface area contributed by atoms with Crippen molar-refractivity contribution in [2.24, 2.45) is 0 Å². The Hall–Kier alpha value is -1.66. The average molecular weight is 361 g/mol. The lowest BCUT2D eigenvalue weighted by atomic mass is 9.93. The van der Waals surface area contributed by atoms with E-state index in [-0.39, 0.29) is 12.0 Å². The van der Waals surface area contributed by atoms with Crippen molar-refractivity contribution in [2.45, 2.75) is 69.6 Å². The van der Waals surface area contributed by atoms with Crippen molar-refractivity contribution in [1.82, 2.24) is 15.2 Å². The van der Waals surface area contributed by atoms with Crippen LogP contribution in [0, 0.1) is 0 Å². The molecule has 0 unspecified atom stereocenters. The van der Waals surface area contributed by atoms with Crippen LogP contribution in [-0.4, -0.2) is 59.2 Å². The van der Waals surface area contributed by atoms with E-state index in [1.165, 1.54) is 19.3 Å². The van der Waals surface area contributed by atoms with E-state index >= 15 is 0 Å². The molecule has 6 nitrogen and oxygen atoms in total. The molecule has 26 heavy (non-hydrogen) atoms. The van der Waals surface area contributed by atoms with Crippen LogP contribution in [0.15, 0.2) is 18.3 Å². The SMILES string of the molecule is CN1CCCC[C@@H]1CCNC(=O)c1ccc(NC2CCC(O)CC2)nc1. The molecule has 0 aromatic carbocycles. The van der Waals surface area contributed by atoms with Crippen LogP contribution in [0.4, 0.5) is 5.82 Å². The molecule has 144 valence electrons. The van der Waals surface area contributed by atoms with Gasteiger partial charge in [0.2, 0.25) is 0 Å². The number of nitrogens with one attached hydrogen (secondary N) is 2. The van der Waals surface area contributed by atoms with Gasteiger partial charge in [0.15, 0.2) is 0 Å². The quantitative estimate of drug-likeness (QED) is 0.726. The first kappa shape index (κ1) is 19.1. The fourth-order valence-electron chi connectivity index (χ4n) is 4.01. The predicted molar refractivity (Wildman–Crippen MR) is 103 cm³/mol. The lowest BCUT2D eigenvalue weighted by molar-refractivity contribution is 0.0945. The van der Waals surface area contributed by atoms with Gasteiger partial charge in [0.1, 0.15) is 5.82 Å². The molecular formula is C20H32N4O2. The number of rotatable bonds is 6. The minimum atomic E-state index is -0.152. The highest BCUT2D eigenvalue weighted by Crippen LogP contribution is 2.21. The van der Waals surface area contributed by atoms with Gasteiger partial charge in [-0.15, -0.1) is 0 Å². The van der Waals surface area contributed by atoms with E-state index in [2.05, 4.69) is 27.6 Å². The van der Waals surface area contributed by atoms with Crippen molar-refractivity contribution in [3.63, 3.8) is 0 Å². The Bertz CT molecular complexity index is 570. The summed E-state index contributed by atoms with van der Waals surface area (Å²) in [5.74, 6) is 0.745. The first-order chi connectivity index (χ1) is 12.6. The summed E-state index contributed by atoms with van der Waals surface area (Å²) in [7, 11) is 2.17. The second-order valence-corrected chi connectivity index (χ2v) is 7.76. The fraction of sp³-hybridized carbons (Fsp3) is 0.700. The van der Waals surface area contributed by atoms with Crippen molar-refractivity contribution in [2.75, 3.05) is 25.5 Å². The topological polar surface area (TPSA) is 77.5 Å². The molecule has 3 rings (SSSR count). The molecule has 3 N–H and O–H groups in total. The van der Waals surface area contributed by atoms with Gasteiger partial charge in [0.25, 0.3) is 5.91 Å². The number of aliphatic hydroxyl groups is 1. The number of amides is 1. The molecule has 1 amide bonds. The first-order valence-electron chi connectivity index (χ1n) is 10.0. The van der Waals surface area contributed by atoms with Gasteiger partial charge in [-0.1, -0.05) is 6.42 Å². The Kier molecular flexibility index (Phi) is 6.86. The van der Waals surface area contributed by atoms with Crippen LogP contribution < -0.4 is 10.6 Å². The summed E-state index contributed by atoms with van der Waals surface area (Å²) in [5.41, 5.74) is 0.603. The summed E-state index contributed by atoms with van der Waals surface area (Å²) in [4.78, 5) is 19.1. The Morgan fingerprint density at radius 1 is 1.23 bits per heavy atom. The molecule has 2 fully saturated rings. The normalized spacial score (nSPS) is 27.1. The number of hydrogen-bond donors (Lipinski definition) is 3. The Morgan fingerprint density at radius 3 is 2.73 bits per heavy atom. The summed E-state index contributed by atoms with van der Waals surface area (Å²) in [5, 5.41) is 16.0. The van der Waals surface area contributed by atoms with Gasteiger partial charge in [-0.25, -0.2) is 4.98 Å². The zero-order valence-corrected chi connectivity index (χ0v) is 15.8. The summed E-state index contributed by atoms with van der Waals surface area (Å²) in [6.45, 7) is 1.87. The summed E-state index contributed by atoms with van der Waals surface area (Å²) in [6.07, 6.45) is 9.90. The van der Waals surface area contributed by atoms with Crippen molar-refractivity contribution in [3.8, 4) is 0 Å². The molecular weight excluding hydrogens is 328 g/mol. The fourth-order valence-corrected chi connectivity index (χ4v) is 4.01. The van der Waals surface area contributed by atoms with E-state index in [0.29, 0.717) is 24.2 Å². The van der Waals surface area contributed by atoms with Crippen LogP contribution >= 0.6 is 0 Å². The van der Waals surface area contributed by atoms with Gasteiger partial charge in [-0.05, 0) is 70.7 Å². The summed E-state index contributed by atoms with van der Waals surface area (Å²) < 4.78 is 0. The molecule has 0 bridgehead atoms. The second-order valence-electron chi connectivity index (χ2n) is 7.76. The highest BCUT2D eigenvalue weighted by molar-refractivity contribution is 5.94. The standard InChI is InChI=1S/C20H32N4O2/c1-24-13-3-2-4-17(24)11-12-21-20(26)15-5-10-19(22-14-15)23-16-6-8-18(25)9-7-16/h5,10,14,16-18,25H,2-4,6-9,11-13H2,1H3,(H,21,26)(H,22,23)/t16?,17-,18?/m1/s1. The highest BCUT2D eigenvalue weighted by Gasteiger charge is 2.20. The van der Waals surface area contributed by atoms with Gasteiger partial charge in [-0.2, -0.15) is 0 Å². The lowest BCUT2D eigenvalue weighted by Gasteiger charge is -2.32. The van der Waals surface area contributed by atoms with Gasteiger partial charge in [0, 0.05) is 24.8 Å². The predicted octanol–water partition coefficient (Wildman–Crippen LogP) is 2.40. The van der Waals surface area contributed by atoms with E-state index in [9.17, 15) is 9.90 Å². The van der Waals surface area contributed by atoms with Gasteiger partial charge in [0.05, 0.1) is 11.7 Å². The maximum Gasteiger partial charge on any atom is 0.252 e. The van der Waals surface area contributed by atoms with E-state index < -0.39 is 0 Å². The minimum absolute atomic E-state index is 0.0525. The minimum Gasteiger partial charge on any atom is -0.393 e. The molecule has 0 radical (unpaired) electrons. The molecule has 1 atom stereocenters. The molecule has 1 aliphatic carbocycles. The third kappa shape index (κ3) is 5.42. The second kappa shape index (κ2) is 9.33. The third-order valence-corrected chi connectivity index (χ3v) is 5.76. The lowest BCUT2D eigenvalue weighted by Crippen LogP contribution is -2.39. The monoisotopic (exact) mass is 360 g/mol. The highest BCUT2D eigenvalue weighted by atomic mass is 16.3. The largest absolute Gasteiger partial charge is 0.393 e. The van der Waals surface area contributed by atoms with Gasteiger partial charge < -0.3 is 20.6 Å². The van der Waals surface area contributed by atoms with Gasteiger partial charge >= 0.3 is 0 Å². The van der Waals surface area contributed by atoms with E-state index in [4.69, 9.17) is 0 Å². The number of hydrogen-bond acceptors (Lipinski definition) is 5. The van der Waals surface area contributed by atoms with Crippen molar-refractivity contribution in [3.05, 3.63) is 23.9 Å². The van der Waals surface area contributed by atoms with E-state index in [1.807, 2.05) is 12.1 Å². The molecule has 1 saturated carbocycles. The van der Waals surface area contributed by atoms with Crippen LogP contribution in [0.2, 0.25) is 0 Å². The van der Waals surface area contributed by atoms with Crippen LogP contribution in [0.25, 0.3) is 0 Å². The Labute approximate surface area is 156 Å². The maximum atomic E-state index is 12.3. The van der Waals surface area contributed by atoms with Gasteiger partial charge in [-0.3, -0.25) is 4.79 Å². The number of anilines is 1. The number of aromatic nitrogens is 1. The van der Waals surface area contributed by atoms with Crippen molar-refractivity contribution in [1.29, 1.82) is 0 Å². The zero-order valence-electron chi connectivity index (χ0n) is 15.8. The third-order valence-electron chi connectivity index (χ3n) is 5.76. The molecule has 1 aromatic rings. The molecule has 1 aromatic heterocycles. The van der Waals surface area contributed by atoms with Crippen molar-refractivity contribution < 1.29 is 9.90 Å². The maximum absolute atomic E-state index is 12.3. The van der Waals surface area contributed by atoms with E-state index in [1.54, 1.807) is 6.20 Å². The molecule has 1 aliphatic heterocycles. The number of carbonyl (C=O) groups is 1. The molecule has 2 heterocycles. The van der Waals surface area contributed by atoms with Crippen LogP contribution in [0.5, 0.6) is 0 Å². The van der Waals surface area contributed by atoms with Crippen molar-refractivity contribution >= 4 is 11.7 Å². The van der Waals surface area contributed by atoms with E-state index in [0.717, 1.165) is 44.5 Å². The first-order valence-corrected chi connectivity index (χ1v) is 10.0.